The number of hydrogen-bond donors (Lipinski definition) is 1. The van der Waals surface area contributed by atoms with E-state index in [9.17, 15) is 0 Å². The van der Waals surface area contributed by atoms with Gasteiger partial charge in [-0.2, -0.15) is 0 Å². The molecule has 0 amide bonds. The van der Waals surface area contributed by atoms with Crippen LogP contribution in [0.4, 0.5) is 0 Å². The summed E-state index contributed by atoms with van der Waals surface area (Å²) in [5, 5.41) is 4.28. The maximum absolute atomic E-state index is 6.04. The Morgan fingerprint density at radius 3 is 2.58 bits per heavy atom. The molecule has 3 heteroatoms. The van der Waals surface area contributed by atoms with Gasteiger partial charge in [0.15, 0.2) is 0 Å². The Hall–Kier alpha value is -0.730. The number of nitrogens with one attached hydrogen (secondary N) is 1. The molecule has 1 rings (SSSR count). The second-order valence-electron chi connectivity index (χ2n) is 5.65. The van der Waals surface area contributed by atoms with Crippen LogP contribution in [-0.2, 0) is 6.42 Å². The molecule has 108 valence electrons. The van der Waals surface area contributed by atoms with Gasteiger partial charge in [0.05, 0.1) is 7.11 Å². The van der Waals surface area contributed by atoms with Crippen molar-refractivity contribution < 1.29 is 4.74 Å². The summed E-state index contributed by atoms with van der Waals surface area (Å²) < 4.78 is 5.37. The quantitative estimate of drug-likeness (QED) is 0.773. The Balaban J connectivity index is 2.41. The fourth-order valence-corrected chi connectivity index (χ4v) is 2.26. The first-order chi connectivity index (χ1) is 9.02. The molecule has 0 saturated heterocycles. The van der Waals surface area contributed by atoms with E-state index in [0.29, 0.717) is 11.8 Å². The summed E-state index contributed by atoms with van der Waals surface area (Å²) in [6.07, 6.45) is 2.15. The highest BCUT2D eigenvalue weighted by molar-refractivity contribution is 6.30. The largest absolute Gasteiger partial charge is 0.496 e. The second-order valence-corrected chi connectivity index (χ2v) is 6.09. The molecule has 0 spiro atoms. The van der Waals surface area contributed by atoms with E-state index in [1.807, 2.05) is 18.2 Å². The monoisotopic (exact) mass is 283 g/mol. The van der Waals surface area contributed by atoms with Crippen LogP contribution in [-0.4, -0.2) is 20.2 Å². The van der Waals surface area contributed by atoms with E-state index in [0.717, 1.165) is 36.7 Å². The summed E-state index contributed by atoms with van der Waals surface area (Å²) in [5.74, 6) is 2.30. The smallest absolute Gasteiger partial charge is 0.122 e. The molecule has 0 radical (unpaired) electrons. The predicted molar refractivity (Wildman–Crippen MR) is 83.2 cm³/mol. The minimum absolute atomic E-state index is 0.655. The minimum Gasteiger partial charge on any atom is -0.496 e. The van der Waals surface area contributed by atoms with Gasteiger partial charge in [-0.05, 0) is 61.5 Å². The van der Waals surface area contributed by atoms with Crippen LogP contribution in [0, 0.1) is 11.8 Å². The van der Waals surface area contributed by atoms with E-state index < -0.39 is 0 Å². The average molecular weight is 284 g/mol. The highest BCUT2D eigenvalue weighted by atomic mass is 35.5. The molecular formula is C16H26ClNO. The molecule has 1 aromatic carbocycles. The van der Waals surface area contributed by atoms with Gasteiger partial charge < -0.3 is 10.1 Å². The van der Waals surface area contributed by atoms with Crippen molar-refractivity contribution in [1.82, 2.24) is 5.32 Å². The fourth-order valence-electron chi connectivity index (χ4n) is 2.06. The SMILES string of the molecule is COc1ccc(Cl)cc1CCC(C)CNCC(C)C. The summed E-state index contributed by atoms with van der Waals surface area (Å²) in [5.41, 5.74) is 1.20. The lowest BCUT2D eigenvalue weighted by Crippen LogP contribution is -2.25. The van der Waals surface area contributed by atoms with Crippen LogP contribution in [0.25, 0.3) is 0 Å². The Labute approximate surface area is 122 Å². The van der Waals surface area contributed by atoms with Gasteiger partial charge in [0.1, 0.15) is 5.75 Å². The van der Waals surface area contributed by atoms with E-state index in [2.05, 4.69) is 26.1 Å². The number of rotatable bonds is 8. The van der Waals surface area contributed by atoms with Crippen molar-refractivity contribution in [3.8, 4) is 5.75 Å². The molecule has 2 nitrogen and oxygen atoms in total. The van der Waals surface area contributed by atoms with E-state index in [1.165, 1.54) is 5.56 Å². The van der Waals surface area contributed by atoms with Gasteiger partial charge in [0, 0.05) is 5.02 Å². The summed E-state index contributed by atoms with van der Waals surface area (Å²) in [7, 11) is 1.71. The summed E-state index contributed by atoms with van der Waals surface area (Å²) >= 11 is 6.04. The van der Waals surface area contributed by atoms with Crippen molar-refractivity contribution in [1.29, 1.82) is 0 Å². The molecule has 0 aliphatic rings. The van der Waals surface area contributed by atoms with Gasteiger partial charge in [0.25, 0.3) is 0 Å². The molecule has 1 atom stereocenters. The minimum atomic E-state index is 0.655. The number of ether oxygens (including phenoxy) is 1. The Bertz CT molecular complexity index is 379. The molecule has 0 heterocycles. The Morgan fingerprint density at radius 1 is 1.21 bits per heavy atom. The number of benzene rings is 1. The molecule has 0 aliphatic heterocycles. The number of aryl methyl sites for hydroxylation is 1. The normalized spacial score (nSPS) is 12.7. The number of methoxy groups -OCH3 is 1. The zero-order valence-corrected chi connectivity index (χ0v) is 13.3. The third-order valence-corrected chi connectivity index (χ3v) is 3.43. The van der Waals surface area contributed by atoms with Gasteiger partial charge in [-0.1, -0.05) is 32.4 Å². The maximum Gasteiger partial charge on any atom is 0.122 e. The van der Waals surface area contributed by atoms with E-state index in [4.69, 9.17) is 16.3 Å². The van der Waals surface area contributed by atoms with Crippen LogP contribution in [0.1, 0.15) is 32.8 Å². The Morgan fingerprint density at radius 2 is 1.95 bits per heavy atom. The van der Waals surface area contributed by atoms with Crippen LogP contribution in [0.5, 0.6) is 5.75 Å². The first-order valence-corrected chi connectivity index (χ1v) is 7.43. The third kappa shape index (κ3) is 6.31. The van der Waals surface area contributed by atoms with Crippen LogP contribution in [0.2, 0.25) is 5.02 Å². The summed E-state index contributed by atoms with van der Waals surface area (Å²) in [6, 6.07) is 5.82. The standard InChI is InChI=1S/C16H26ClNO/c1-12(2)10-18-11-13(3)5-6-14-9-15(17)7-8-16(14)19-4/h7-9,12-13,18H,5-6,10-11H2,1-4H3. The highest BCUT2D eigenvalue weighted by Gasteiger charge is 2.07. The third-order valence-electron chi connectivity index (χ3n) is 3.19. The van der Waals surface area contributed by atoms with E-state index in [1.54, 1.807) is 7.11 Å². The van der Waals surface area contributed by atoms with Crippen molar-refractivity contribution >= 4 is 11.6 Å². The predicted octanol–water partition coefficient (Wildman–Crippen LogP) is 4.16. The lowest BCUT2D eigenvalue weighted by Gasteiger charge is -2.15. The van der Waals surface area contributed by atoms with E-state index >= 15 is 0 Å². The average Bonchev–Trinajstić information content (AvgIpc) is 2.36. The van der Waals surface area contributed by atoms with Crippen LogP contribution < -0.4 is 10.1 Å². The lowest BCUT2D eigenvalue weighted by molar-refractivity contribution is 0.404. The second kappa shape index (κ2) is 8.44. The van der Waals surface area contributed by atoms with Crippen molar-refractivity contribution in [3.63, 3.8) is 0 Å². The zero-order chi connectivity index (χ0) is 14.3. The van der Waals surface area contributed by atoms with Crippen LogP contribution >= 0.6 is 11.6 Å². The van der Waals surface area contributed by atoms with Crippen molar-refractivity contribution in [3.05, 3.63) is 28.8 Å². The van der Waals surface area contributed by atoms with Crippen LogP contribution in [0.3, 0.4) is 0 Å². The van der Waals surface area contributed by atoms with Crippen molar-refractivity contribution in [2.24, 2.45) is 11.8 Å². The van der Waals surface area contributed by atoms with Gasteiger partial charge in [0.2, 0.25) is 0 Å². The van der Waals surface area contributed by atoms with Crippen molar-refractivity contribution in [2.45, 2.75) is 33.6 Å². The topological polar surface area (TPSA) is 21.3 Å². The molecule has 0 aromatic heterocycles. The molecule has 0 bridgehead atoms. The first kappa shape index (κ1) is 16.3. The van der Waals surface area contributed by atoms with Crippen LogP contribution in [0.15, 0.2) is 18.2 Å². The molecule has 19 heavy (non-hydrogen) atoms. The van der Waals surface area contributed by atoms with Gasteiger partial charge in [-0.25, -0.2) is 0 Å². The number of hydrogen-bond acceptors (Lipinski definition) is 2. The van der Waals surface area contributed by atoms with Gasteiger partial charge >= 0.3 is 0 Å². The zero-order valence-electron chi connectivity index (χ0n) is 12.5. The summed E-state index contributed by atoms with van der Waals surface area (Å²) in [4.78, 5) is 0. The van der Waals surface area contributed by atoms with Gasteiger partial charge in [-0.15, -0.1) is 0 Å². The summed E-state index contributed by atoms with van der Waals surface area (Å²) in [6.45, 7) is 8.90. The molecule has 0 fully saturated rings. The highest BCUT2D eigenvalue weighted by Crippen LogP contribution is 2.24. The molecule has 0 saturated carbocycles. The van der Waals surface area contributed by atoms with E-state index in [-0.39, 0.29) is 0 Å². The maximum atomic E-state index is 6.04. The van der Waals surface area contributed by atoms with Crippen molar-refractivity contribution in [2.75, 3.05) is 20.2 Å². The molecular weight excluding hydrogens is 258 g/mol. The lowest BCUT2D eigenvalue weighted by atomic mass is 10.00. The van der Waals surface area contributed by atoms with Gasteiger partial charge in [-0.3, -0.25) is 0 Å². The molecule has 1 N–H and O–H groups in total. The Kier molecular flexibility index (Phi) is 7.25. The fraction of sp³-hybridized carbons (Fsp3) is 0.625. The number of halogens is 1. The first-order valence-electron chi connectivity index (χ1n) is 7.06. The molecule has 1 unspecified atom stereocenters. The molecule has 0 aliphatic carbocycles. The molecule has 1 aromatic rings.